The third-order valence-electron chi connectivity index (χ3n) is 8.84. The van der Waals surface area contributed by atoms with E-state index in [4.69, 9.17) is 4.98 Å². The standard InChI is InChI=1S/C33H35N7O/c1-3-30(41)40-19-18-39(21-25(40)12-14-34)32-26-13-17-38(29-11-7-10-24-9-6-8-23(2)31(24)29)22-28(26)36-33(27(32)20-35)37-15-4-5-16-37/h3,6-11,25H,1,4-5,12-13,15-19,21-22H2,2H3. The number of aromatic nitrogens is 1. The summed E-state index contributed by atoms with van der Waals surface area (Å²) in [5.41, 5.74) is 6.18. The first-order valence-corrected chi connectivity index (χ1v) is 14.5. The molecule has 6 rings (SSSR count). The van der Waals surface area contributed by atoms with Gasteiger partial charge in [-0.25, -0.2) is 4.98 Å². The number of fused-ring (bicyclic) bond motifs is 2. The highest BCUT2D eigenvalue weighted by Gasteiger charge is 2.35. The van der Waals surface area contributed by atoms with E-state index in [2.05, 4.69) is 76.7 Å². The van der Waals surface area contributed by atoms with Gasteiger partial charge in [-0.2, -0.15) is 10.5 Å². The topological polar surface area (TPSA) is 90.5 Å². The molecule has 3 aliphatic rings. The zero-order valence-electron chi connectivity index (χ0n) is 23.6. The lowest BCUT2D eigenvalue weighted by molar-refractivity contribution is -0.128. The van der Waals surface area contributed by atoms with E-state index in [0.29, 0.717) is 31.7 Å². The van der Waals surface area contributed by atoms with Crippen molar-refractivity contribution in [3.05, 3.63) is 71.4 Å². The van der Waals surface area contributed by atoms with Gasteiger partial charge in [0, 0.05) is 55.9 Å². The molecule has 3 aliphatic heterocycles. The minimum absolute atomic E-state index is 0.152. The maximum atomic E-state index is 12.6. The summed E-state index contributed by atoms with van der Waals surface area (Å²) >= 11 is 0. The lowest BCUT2D eigenvalue weighted by atomic mass is 9.95. The van der Waals surface area contributed by atoms with Crippen molar-refractivity contribution < 1.29 is 4.79 Å². The molecule has 0 radical (unpaired) electrons. The molecule has 0 bridgehead atoms. The summed E-state index contributed by atoms with van der Waals surface area (Å²) in [6.07, 6.45) is 4.51. The van der Waals surface area contributed by atoms with Crippen molar-refractivity contribution in [3.8, 4) is 12.1 Å². The van der Waals surface area contributed by atoms with Crippen LogP contribution in [0.25, 0.3) is 10.8 Å². The van der Waals surface area contributed by atoms with Gasteiger partial charge in [0.05, 0.1) is 36.5 Å². The maximum absolute atomic E-state index is 12.6. The molecule has 0 N–H and O–H groups in total. The number of pyridine rings is 1. The Hall–Kier alpha value is -4.56. The number of nitriles is 2. The number of carbonyl (C=O) groups is 1. The number of anilines is 3. The van der Waals surface area contributed by atoms with Gasteiger partial charge in [0.25, 0.3) is 0 Å². The summed E-state index contributed by atoms with van der Waals surface area (Å²) in [6.45, 7) is 10.7. The number of carbonyl (C=O) groups excluding carboxylic acids is 1. The molecule has 4 heterocycles. The highest BCUT2D eigenvalue weighted by Crippen LogP contribution is 2.40. The minimum atomic E-state index is -0.261. The third kappa shape index (κ3) is 4.74. The lowest BCUT2D eigenvalue weighted by Crippen LogP contribution is -2.55. The van der Waals surface area contributed by atoms with Gasteiger partial charge >= 0.3 is 0 Å². The molecule has 1 aromatic heterocycles. The van der Waals surface area contributed by atoms with Crippen LogP contribution in [0.1, 0.15) is 41.6 Å². The molecular weight excluding hydrogens is 510 g/mol. The highest BCUT2D eigenvalue weighted by atomic mass is 16.2. The SMILES string of the molecule is C=CC(=O)N1CCN(c2c(C#N)c(N3CCCC3)nc3c2CCN(c2cccc4cccc(C)c24)C3)CC1CC#N. The molecule has 8 heteroatoms. The third-order valence-corrected chi connectivity index (χ3v) is 8.84. The highest BCUT2D eigenvalue weighted by molar-refractivity contribution is 5.97. The minimum Gasteiger partial charge on any atom is -0.366 e. The van der Waals surface area contributed by atoms with E-state index in [0.717, 1.165) is 61.7 Å². The van der Waals surface area contributed by atoms with Crippen molar-refractivity contribution in [2.45, 2.75) is 45.2 Å². The van der Waals surface area contributed by atoms with Crippen LogP contribution >= 0.6 is 0 Å². The van der Waals surface area contributed by atoms with Crippen molar-refractivity contribution >= 4 is 33.9 Å². The Morgan fingerprint density at radius 2 is 1.83 bits per heavy atom. The number of piperazine rings is 1. The van der Waals surface area contributed by atoms with E-state index >= 15 is 0 Å². The predicted octanol–water partition coefficient (Wildman–Crippen LogP) is 4.69. The van der Waals surface area contributed by atoms with Crippen molar-refractivity contribution in [2.75, 3.05) is 54.0 Å². The Kier molecular flexibility index (Phi) is 7.24. The van der Waals surface area contributed by atoms with Crippen LogP contribution in [-0.4, -0.2) is 61.1 Å². The lowest BCUT2D eigenvalue weighted by Gasteiger charge is -2.43. The van der Waals surface area contributed by atoms with Crippen molar-refractivity contribution in [1.82, 2.24) is 9.88 Å². The van der Waals surface area contributed by atoms with Gasteiger partial charge in [-0.3, -0.25) is 4.79 Å². The number of aryl methyl sites for hydroxylation is 1. The van der Waals surface area contributed by atoms with Gasteiger partial charge in [0.1, 0.15) is 17.5 Å². The summed E-state index contributed by atoms with van der Waals surface area (Å²) in [6, 6.07) is 17.5. The van der Waals surface area contributed by atoms with Crippen LogP contribution in [0.2, 0.25) is 0 Å². The molecule has 0 aliphatic carbocycles. The summed E-state index contributed by atoms with van der Waals surface area (Å²) in [5.74, 6) is 0.622. The van der Waals surface area contributed by atoms with E-state index in [1.807, 2.05) is 0 Å². The number of rotatable bonds is 5. The summed E-state index contributed by atoms with van der Waals surface area (Å²) in [5, 5.41) is 22.6. The van der Waals surface area contributed by atoms with Crippen molar-refractivity contribution in [1.29, 1.82) is 10.5 Å². The van der Waals surface area contributed by atoms with Gasteiger partial charge in [-0.05, 0) is 49.3 Å². The zero-order chi connectivity index (χ0) is 28.5. The molecular formula is C33H35N7O. The van der Waals surface area contributed by atoms with Crippen molar-refractivity contribution in [3.63, 3.8) is 0 Å². The summed E-state index contributed by atoms with van der Waals surface area (Å²) in [4.78, 5) is 26.5. The Morgan fingerprint density at radius 3 is 2.56 bits per heavy atom. The molecule has 2 aromatic carbocycles. The average molecular weight is 546 g/mol. The number of benzene rings is 2. The Morgan fingerprint density at radius 1 is 1.05 bits per heavy atom. The van der Waals surface area contributed by atoms with E-state index in [-0.39, 0.29) is 18.4 Å². The normalized spacial score (nSPS) is 18.7. The quantitative estimate of drug-likeness (QED) is 0.430. The van der Waals surface area contributed by atoms with Crippen LogP contribution in [0.15, 0.2) is 49.1 Å². The molecule has 41 heavy (non-hydrogen) atoms. The summed E-state index contributed by atoms with van der Waals surface area (Å²) in [7, 11) is 0. The Balaban J connectivity index is 1.44. The molecule has 1 atom stereocenters. The molecule has 1 unspecified atom stereocenters. The molecule has 208 valence electrons. The largest absolute Gasteiger partial charge is 0.366 e. The van der Waals surface area contributed by atoms with Gasteiger partial charge in [0.15, 0.2) is 0 Å². The van der Waals surface area contributed by atoms with Crippen LogP contribution < -0.4 is 14.7 Å². The molecule has 3 aromatic rings. The van der Waals surface area contributed by atoms with Crippen LogP contribution in [0.3, 0.4) is 0 Å². The van der Waals surface area contributed by atoms with Crippen LogP contribution in [0.4, 0.5) is 17.2 Å². The Labute approximate surface area is 241 Å². The number of hydrogen-bond donors (Lipinski definition) is 0. The van der Waals surface area contributed by atoms with E-state index in [1.165, 1.54) is 28.1 Å². The van der Waals surface area contributed by atoms with E-state index in [1.54, 1.807) is 4.90 Å². The van der Waals surface area contributed by atoms with Gasteiger partial charge in [-0.15, -0.1) is 0 Å². The maximum Gasteiger partial charge on any atom is 0.246 e. The van der Waals surface area contributed by atoms with E-state index < -0.39 is 0 Å². The smallest absolute Gasteiger partial charge is 0.246 e. The molecule has 8 nitrogen and oxygen atoms in total. The first-order valence-electron chi connectivity index (χ1n) is 14.5. The second kappa shape index (κ2) is 11.1. The first kappa shape index (κ1) is 26.7. The first-order chi connectivity index (χ1) is 20.0. The molecule has 2 saturated heterocycles. The fraction of sp³-hybridized carbons (Fsp3) is 0.394. The van der Waals surface area contributed by atoms with Crippen LogP contribution in [0, 0.1) is 29.6 Å². The molecule has 2 fully saturated rings. The number of hydrogen-bond acceptors (Lipinski definition) is 7. The molecule has 0 saturated carbocycles. The van der Waals surface area contributed by atoms with Gasteiger partial charge in [0.2, 0.25) is 5.91 Å². The predicted molar refractivity (Wildman–Crippen MR) is 162 cm³/mol. The van der Waals surface area contributed by atoms with Crippen molar-refractivity contribution in [2.24, 2.45) is 0 Å². The fourth-order valence-corrected chi connectivity index (χ4v) is 6.87. The number of nitrogens with zero attached hydrogens (tertiary/aromatic N) is 7. The molecule has 1 amide bonds. The summed E-state index contributed by atoms with van der Waals surface area (Å²) < 4.78 is 0. The second-order valence-corrected chi connectivity index (χ2v) is 11.2. The molecule has 0 spiro atoms. The monoisotopic (exact) mass is 545 g/mol. The number of amides is 1. The zero-order valence-corrected chi connectivity index (χ0v) is 23.6. The van der Waals surface area contributed by atoms with Gasteiger partial charge < -0.3 is 19.6 Å². The average Bonchev–Trinajstić information content (AvgIpc) is 3.54. The fourth-order valence-electron chi connectivity index (χ4n) is 6.87. The van der Waals surface area contributed by atoms with Crippen LogP contribution in [0.5, 0.6) is 0 Å². The Bertz CT molecular complexity index is 1590. The van der Waals surface area contributed by atoms with Crippen LogP contribution in [-0.2, 0) is 17.8 Å². The second-order valence-electron chi connectivity index (χ2n) is 11.2. The van der Waals surface area contributed by atoms with E-state index in [9.17, 15) is 15.3 Å². The van der Waals surface area contributed by atoms with Gasteiger partial charge in [-0.1, -0.05) is 36.9 Å².